The number of non-ortho nitro benzene ring substituents is 1. The fourth-order valence-corrected chi connectivity index (χ4v) is 3.39. The van der Waals surface area contributed by atoms with E-state index >= 15 is 0 Å². The predicted octanol–water partition coefficient (Wildman–Crippen LogP) is 4.48. The van der Waals surface area contributed by atoms with Crippen LogP contribution >= 0.6 is 22.9 Å². The largest absolute Gasteiger partial charge is 0.281 e. The number of hydrogen-bond donors (Lipinski definition) is 0. The van der Waals surface area contributed by atoms with Crippen LogP contribution in [0.25, 0.3) is 21.6 Å². The van der Waals surface area contributed by atoms with Gasteiger partial charge in [-0.1, -0.05) is 24.6 Å². The third kappa shape index (κ3) is 2.36. The molecule has 0 radical (unpaired) electrons. The van der Waals surface area contributed by atoms with E-state index in [1.54, 1.807) is 12.1 Å². The maximum Gasteiger partial charge on any atom is 0.281 e. The second kappa shape index (κ2) is 5.38. The van der Waals surface area contributed by atoms with Gasteiger partial charge in [0.15, 0.2) is 5.82 Å². The van der Waals surface area contributed by atoms with E-state index in [-0.39, 0.29) is 16.2 Å². The Labute approximate surface area is 129 Å². The second-order valence-electron chi connectivity index (χ2n) is 4.39. The first-order valence-corrected chi connectivity index (χ1v) is 7.55. The molecule has 2 heterocycles. The lowest BCUT2D eigenvalue weighted by molar-refractivity contribution is -0.383. The van der Waals surface area contributed by atoms with E-state index in [0.717, 1.165) is 16.9 Å². The maximum absolute atomic E-state index is 11.1. The van der Waals surface area contributed by atoms with Crippen LogP contribution in [-0.2, 0) is 6.42 Å². The van der Waals surface area contributed by atoms with Gasteiger partial charge in [-0.15, -0.1) is 11.3 Å². The molecule has 0 aliphatic rings. The minimum Gasteiger partial charge on any atom is -0.258 e. The monoisotopic (exact) mass is 319 g/mol. The van der Waals surface area contributed by atoms with Crippen LogP contribution in [0.2, 0.25) is 5.15 Å². The van der Waals surface area contributed by atoms with E-state index in [9.17, 15) is 10.1 Å². The molecule has 5 nitrogen and oxygen atoms in total. The van der Waals surface area contributed by atoms with Gasteiger partial charge in [-0.05, 0) is 29.5 Å². The zero-order valence-corrected chi connectivity index (χ0v) is 12.6. The molecule has 0 aliphatic heterocycles. The first-order chi connectivity index (χ1) is 10.1. The summed E-state index contributed by atoms with van der Waals surface area (Å²) < 4.78 is 0. The molecule has 0 saturated heterocycles. The number of fused-ring (bicyclic) bond motifs is 1. The molecule has 0 bridgehead atoms. The molecule has 2 aromatic heterocycles. The van der Waals surface area contributed by atoms with Crippen molar-refractivity contribution in [1.29, 1.82) is 0 Å². The van der Waals surface area contributed by atoms with E-state index in [1.807, 2.05) is 11.4 Å². The number of halogens is 1. The molecule has 7 heteroatoms. The van der Waals surface area contributed by atoms with Crippen molar-refractivity contribution in [2.75, 3.05) is 0 Å². The highest BCUT2D eigenvalue weighted by atomic mass is 35.5. The van der Waals surface area contributed by atoms with Crippen molar-refractivity contribution >= 4 is 39.5 Å². The topological polar surface area (TPSA) is 68.9 Å². The molecule has 0 amide bonds. The molecule has 21 heavy (non-hydrogen) atoms. The van der Waals surface area contributed by atoms with Gasteiger partial charge in [0.25, 0.3) is 5.69 Å². The lowest BCUT2D eigenvalue weighted by Gasteiger charge is -2.05. The van der Waals surface area contributed by atoms with Crippen LogP contribution in [0, 0.1) is 10.1 Å². The first-order valence-electron chi connectivity index (χ1n) is 6.29. The third-order valence-electron chi connectivity index (χ3n) is 3.18. The average molecular weight is 320 g/mol. The highest BCUT2D eigenvalue weighted by Crippen LogP contribution is 2.34. The van der Waals surface area contributed by atoms with Crippen molar-refractivity contribution in [1.82, 2.24) is 9.97 Å². The summed E-state index contributed by atoms with van der Waals surface area (Å²) in [5.41, 5.74) is 1.54. The van der Waals surface area contributed by atoms with Gasteiger partial charge < -0.3 is 0 Å². The van der Waals surface area contributed by atoms with Crippen LogP contribution in [0.5, 0.6) is 0 Å². The van der Waals surface area contributed by atoms with Crippen LogP contribution in [0.3, 0.4) is 0 Å². The van der Waals surface area contributed by atoms with E-state index in [2.05, 4.69) is 16.9 Å². The van der Waals surface area contributed by atoms with Crippen LogP contribution in [0.4, 0.5) is 5.69 Å². The number of aryl methyl sites for hydroxylation is 1. The highest BCUT2D eigenvalue weighted by Gasteiger charge is 2.19. The Kier molecular flexibility index (Phi) is 3.57. The Balaban J connectivity index is 2.28. The molecule has 106 valence electrons. The van der Waals surface area contributed by atoms with Gasteiger partial charge in [0.2, 0.25) is 0 Å². The van der Waals surface area contributed by atoms with Crippen molar-refractivity contribution < 1.29 is 4.92 Å². The quantitative estimate of drug-likeness (QED) is 0.405. The number of hydrogen-bond acceptors (Lipinski definition) is 5. The number of benzene rings is 1. The van der Waals surface area contributed by atoms with E-state index in [4.69, 9.17) is 11.6 Å². The van der Waals surface area contributed by atoms with Gasteiger partial charge in [0.05, 0.1) is 15.3 Å². The van der Waals surface area contributed by atoms with Gasteiger partial charge in [0, 0.05) is 6.07 Å². The highest BCUT2D eigenvalue weighted by molar-refractivity contribution is 7.13. The minimum absolute atomic E-state index is 0.0778. The predicted molar refractivity (Wildman–Crippen MR) is 83.9 cm³/mol. The number of nitro groups is 1. The van der Waals surface area contributed by atoms with Crippen molar-refractivity contribution in [3.8, 4) is 10.7 Å². The summed E-state index contributed by atoms with van der Waals surface area (Å²) in [6, 6.07) is 6.73. The molecule has 0 atom stereocenters. The normalized spacial score (nSPS) is 11.0. The number of nitro benzene ring substituents is 1. The Morgan fingerprint density at radius 1 is 1.33 bits per heavy atom. The molecule has 0 spiro atoms. The Morgan fingerprint density at radius 3 is 2.86 bits per heavy atom. The van der Waals surface area contributed by atoms with E-state index in [1.165, 1.54) is 17.4 Å². The number of thiophene rings is 1. The minimum atomic E-state index is -0.472. The van der Waals surface area contributed by atoms with Crippen molar-refractivity contribution in [2.24, 2.45) is 0 Å². The Morgan fingerprint density at radius 2 is 2.14 bits per heavy atom. The number of nitrogens with zero attached hydrogens (tertiary/aromatic N) is 3. The second-order valence-corrected chi connectivity index (χ2v) is 5.67. The van der Waals surface area contributed by atoms with Gasteiger partial charge in [-0.25, -0.2) is 9.97 Å². The summed E-state index contributed by atoms with van der Waals surface area (Å²) >= 11 is 7.71. The summed E-state index contributed by atoms with van der Waals surface area (Å²) in [6.45, 7) is 2.05. The van der Waals surface area contributed by atoms with Crippen molar-refractivity contribution in [3.05, 3.63) is 50.5 Å². The summed E-state index contributed by atoms with van der Waals surface area (Å²) in [6.07, 6.45) is 0.868. The SMILES string of the molecule is CCc1ccsc1-c1nc(Cl)c2c([N+](=O)[O-])cccc2n1. The Hall–Kier alpha value is -2.05. The molecule has 0 N–H and O–H groups in total. The average Bonchev–Trinajstić information content (AvgIpc) is 2.94. The van der Waals surface area contributed by atoms with Crippen molar-refractivity contribution in [2.45, 2.75) is 13.3 Å². The third-order valence-corrected chi connectivity index (χ3v) is 4.41. The molecule has 0 saturated carbocycles. The summed E-state index contributed by atoms with van der Waals surface area (Å²) in [5.74, 6) is 0.514. The molecule has 3 rings (SSSR count). The molecule has 0 aliphatic carbocycles. The lowest BCUT2D eigenvalue weighted by atomic mass is 10.2. The Bertz CT molecular complexity index is 847. The van der Waals surface area contributed by atoms with Crippen molar-refractivity contribution in [3.63, 3.8) is 0 Å². The molecule has 0 fully saturated rings. The standard InChI is InChI=1S/C14H10ClN3O2S/c1-2-8-6-7-21-12(8)14-16-9-4-3-5-10(18(19)20)11(9)13(15)17-14/h3-7H,2H2,1H3. The van der Waals surface area contributed by atoms with Gasteiger partial charge in [0.1, 0.15) is 10.5 Å². The van der Waals surface area contributed by atoms with E-state index in [0.29, 0.717) is 11.3 Å². The lowest BCUT2D eigenvalue weighted by Crippen LogP contribution is -1.96. The molecular weight excluding hydrogens is 310 g/mol. The van der Waals surface area contributed by atoms with Crippen LogP contribution in [-0.4, -0.2) is 14.9 Å². The number of rotatable bonds is 3. The van der Waals surface area contributed by atoms with Gasteiger partial charge in [-0.2, -0.15) is 0 Å². The molecule has 3 aromatic rings. The molecule has 0 unspecified atom stereocenters. The van der Waals surface area contributed by atoms with Crippen LogP contribution in [0.1, 0.15) is 12.5 Å². The van der Waals surface area contributed by atoms with E-state index < -0.39 is 4.92 Å². The maximum atomic E-state index is 11.1. The summed E-state index contributed by atoms with van der Waals surface area (Å²) in [4.78, 5) is 20.3. The molecular formula is C14H10ClN3O2S. The molecule has 1 aromatic carbocycles. The number of aromatic nitrogens is 2. The van der Waals surface area contributed by atoms with Crippen LogP contribution < -0.4 is 0 Å². The fraction of sp³-hybridized carbons (Fsp3) is 0.143. The van der Waals surface area contributed by atoms with Gasteiger partial charge >= 0.3 is 0 Å². The zero-order valence-electron chi connectivity index (χ0n) is 11.0. The van der Waals surface area contributed by atoms with Gasteiger partial charge in [-0.3, -0.25) is 10.1 Å². The fourth-order valence-electron chi connectivity index (χ4n) is 2.18. The summed E-state index contributed by atoms with van der Waals surface area (Å²) in [7, 11) is 0. The van der Waals surface area contributed by atoms with Crippen LogP contribution in [0.15, 0.2) is 29.6 Å². The smallest absolute Gasteiger partial charge is 0.258 e. The summed E-state index contributed by atoms with van der Waals surface area (Å²) in [5, 5.41) is 13.4. The first kappa shape index (κ1) is 13.9. The zero-order chi connectivity index (χ0) is 15.0.